The molecular weight excluding hydrogens is 474 g/mol. The highest BCUT2D eigenvalue weighted by molar-refractivity contribution is 5.78. The van der Waals surface area contributed by atoms with Crippen LogP contribution in [0.5, 0.6) is 0 Å². The molecule has 14 nitrogen and oxygen atoms in total. The maximum Gasteiger partial charge on any atom is 0.366 e. The molecule has 1 rings (SSSR count). The van der Waals surface area contributed by atoms with Crippen LogP contribution in [-0.4, -0.2) is 90.8 Å². The molecule has 1 heterocycles. The zero-order chi connectivity index (χ0) is 26.9. The van der Waals surface area contributed by atoms with Crippen LogP contribution in [0.3, 0.4) is 0 Å². The van der Waals surface area contributed by atoms with Gasteiger partial charge in [0.2, 0.25) is 5.91 Å². The van der Waals surface area contributed by atoms with Gasteiger partial charge in [0.1, 0.15) is 31.0 Å². The number of aliphatic hydroxyl groups is 1. The van der Waals surface area contributed by atoms with Crippen molar-refractivity contribution in [2.24, 2.45) is 0 Å². The van der Waals surface area contributed by atoms with E-state index in [1.165, 1.54) is 0 Å². The third kappa shape index (κ3) is 9.48. The Bertz CT molecular complexity index is 828. The SMILES string of the molecule is COC(=O)[C@@]1(O)CC(OC(C)=O)[C@@H](NC(C)=O)C([C@@H](C[C@@H](COC(C)=O)OC(C)=O)OC(C)=O)O1. The van der Waals surface area contributed by atoms with Crippen LogP contribution in [0.4, 0.5) is 0 Å². The second-order valence-electron chi connectivity index (χ2n) is 7.85. The van der Waals surface area contributed by atoms with Crippen molar-refractivity contribution in [2.45, 2.75) is 83.7 Å². The highest BCUT2D eigenvalue weighted by Crippen LogP contribution is 2.34. The van der Waals surface area contributed by atoms with Gasteiger partial charge in [0.05, 0.1) is 19.6 Å². The quantitative estimate of drug-likeness (QED) is 0.269. The van der Waals surface area contributed by atoms with E-state index >= 15 is 0 Å². The van der Waals surface area contributed by atoms with Crippen LogP contribution in [0.1, 0.15) is 47.5 Å². The standard InChI is InChI=1S/C21H31NO13/c1-10(23)22-18-17(34-14(5)27)8-21(29,20(28)30-6)35-19(18)16(33-13(4)26)7-15(32-12(3)25)9-31-11(2)24/h15-19,29H,7-9H2,1-6H3,(H,22,23)/t15-,16+,17?,18+,19?,21+/m0/s1. The molecule has 1 fully saturated rings. The van der Waals surface area contributed by atoms with Gasteiger partial charge in [-0.15, -0.1) is 0 Å². The summed E-state index contributed by atoms with van der Waals surface area (Å²) < 4.78 is 30.8. The summed E-state index contributed by atoms with van der Waals surface area (Å²) in [6.07, 6.45) is -6.36. The van der Waals surface area contributed by atoms with Gasteiger partial charge >= 0.3 is 29.8 Å². The summed E-state index contributed by atoms with van der Waals surface area (Å²) in [6, 6.07) is -1.22. The number of hydrogen-bond donors (Lipinski definition) is 2. The average molecular weight is 505 g/mol. The van der Waals surface area contributed by atoms with E-state index in [1.54, 1.807) is 0 Å². The summed E-state index contributed by atoms with van der Waals surface area (Å²) in [5.74, 6) is -7.52. The van der Waals surface area contributed by atoms with Crippen LogP contribution >= 0.6 is 0 Å². The number of carbonyl (C=O) groups excluding carboxylic acids is 6. The second kappa shape index (κ2) is 13.0. The van der Waals surface area contributed by atoms with Crippen molar-refractivity contribution in [2.75, 3.05) is 13.7 Å². The van der Waals surface area contributed by atoms with Crippen molar-refractivity contribution in [1.29, 1.82) is 0 Å². The molecule has 1 aliphatic heterocycles. The molecule has 0 aliphatic carbocycles. The van der Waals surface area contributed by atoms with Gasteiger partial charge in [-0.2, -0.15) is 0 Å². The largest absolute Gasteiger partial charge is 0.465 e. The molecule has 0 bridgehead atoms. The minimum absolute atomic E-state index is 0.350. The lowest BCUT2D eigenvalue weighted by Gasteiger charge is -2.46. The minimum Gasteiger partial charge on any atom is -0.465 e. The van der Waals surface area contributed by atoms with Crippen LogP contribution in [0, 0.1) is 0 Å². The molecule has 35 heavy (non-hydrogen) atoms. The monoisotopic (exact) mass is 505 g/mol. The van der Waals surface area contributed by atoms with E-state index in [1.807, 2.05) is 0 Å². The summed E-state index contributed by atoms with van der Waals surface area (Å²) in [5, 5.41) is 13.4. The molecule has 0 spiro atoms. The lowest BCUT2D eigenvalue weighted by Crippen LogP contribution is -2.67. The first kappa shape index (κ1) is 29.8. The number of methoxy groups -OCH3 is 1. The van der Waals surface area contributed by atoms with Gasteiger partial charge in [-0.25, -0.2) is 4.79 Å². The predicted molar refractivity (Wildman–Crippen MR) is 112 cm³/mol. The Labute approximate surface area is 201 Å². The van der Waals surface area contributed by atoms with Gasteiger partial charge in [-0.05, 0) is 0 Å². The smallest absolute Gasteiger partial charge is 0.366 e. The van der Waals surface area contributed by atoms with Crippen LogP contribution in [0.15, 0.2) is 0 Å². The summed E-state index contributed by atoms with van der Waals surface area (Å²) in [7, 11) is 0.985. The molecular formula is C21H31NO13. The van der Waals surface area contributed by atoms with Crippen LogP contribution in [-0.2, 0) is 57.2 Å². The van der Waals surface area contributed by atoms with E-state index in [0.29, 0.717) is 0 Å². The molecule has 0 aromatic heterocycles. The number of nitrogens with one attached hydrogen (secondary N) is 1. The van der Waals surface area contributed by atoms with Gasteiger partial charge < -0.3 is 38.8 Å². The van der Waals surface area contributed by atoms with Crippen molar-refractivity contribution in [3.05, 3.63) is 0 Å². The van der Waals surface area contributed by atoms with Gasteiger partial charge in [0.25, 0.3) is 5.79 Å². The summed E-state index contributed by atoms with van der Waals surface area (Å²) >= 11 is 0. The normalized spacial score (nSPS) is 25.3. The number of carbonyl (C=O) groups is 6. The first-order chi connectivity index (χ1) is 16.2. The summed E-state index contributed by atoms with van der Waals surface area (Å²) in [4.78, 5) is 70.7. The van der Waals surface area contributed by atoms with E-state index in [-0.39, 0.29) is 6.42 Å². The first-order valence-corrected chi connectivity index (χ1v) is 10.6. The Morgan fingerprint density at radius 3 is 2.03 bits per heavy atom. The van der Waals surface area contributed by atoms with Gasteiger partial charge in [0.15, 0.2) is 0 Å². The summed E-state index contributed by atoms with van der Waals surface area (Å²) in [6.45, 7) is 5.11. The Morgan fingerprint density at radius 2 is 1.57 bits per heavy atom. The van der Waals surface area contributed by atoms with Crippen LogP contribution in [0.25, 0.3) is 0 Å². The van der Waals surface area contributed by atoms with E-state index in [0.717, 1.165) is 41.7 Å². The van der Waals surface area contributed by atoms with Crippen molar-refractivity contribution in [3.63, 3.8) is 0 Å². The average Bonchev–Trinajstić information content (AvgIpc) is 2.71. The highest BCUT2D eigenvalue weighted by Gasteiger charge is 2.56. The third-order valence-corrected chi connectivity index (χ3v) is 4.74. The van der Waals surface area contributed by atoms with E-state index in [2.05, 4.69) is 10.1 Å². The van der Waals surface area contributed by atoms with Crippen molar-refractivity contribution in [3.8, 4) is 0 Å². The number of ether oxygens (including phenoxy) is 6. The van der Waals surface area contributed by atoms with Gasteiger partial charge in [-0.1, -0.05) is 0 Å². The number of amides is 1. The fourth-order valence-electron chi connectivity index (χ4n) is 3.61. The Kier molecular flexibility index (Phi) is 11.1. The van der Waals surface area contributed by atoms with Crippen molar-refractivity contribution < 1.29 is 62.3 Å². The molecule has 0 aromatic carbocycles. The van der Waals surface area contributed by atoms with Gasteiger partial charge in [-0.3, -0.25) is 24.0 Å². The molecule has 1 saturated heterocycles. The molecule has 6 atom stereocenters. The maximum atomic E-state index is 12.3. The maximum absolute atomic E-state index is 12.3. The fraction of sp³-hybridized carbons (Fsp3) is 0.714. The molecule has 2 N–H and O–H groups in total. The molecule has 0 aromatic rings. The van der Waals surface area contributed by atoms with Crippen LogP contribution in [0.2, 0.25) is 0 Å². The molecule has 198 valence electrons. The third-order valence-electron chi connectivity index (χ3n) is 4.74. The zero-order valence-electron chi connectivity index (χ0n) is 20.4. The minimum atomic E-state index is -2.65. The lowest BCUT2D eigenvalue weighted by molar-refractivity contribution is -0.294. The Hall–Kier alpha value is -3.26. The van der Waals surface area contributed by atoms with Gasteiger partial charge in [0, 0.05) is 41.0 Å². The lowest BCUT2D eigenvalue weighted by atomic mass is 9.88. The second-order valence-corrected chi connectivity index (χ2v) is 7.85. The van der Waals surface area contributed by atoms with Crippen molar-refractivity contribution in [1.82, 2.24) is 5.32 Å². The van der Waals surface area contributed by atoms with Crippen LogP contribution < -0.4 is 5.32 Å². The predicted octanol–water partition coefficient (Wildman–Crippen LogP) is -1.11. The fourth-order valence-corrected chi connectivity index (χ4v) is 3.61. The molecule has 2 unspecified atom stereocenters. The highest BCUT2D eigenvalue weighted by atomic mass is 16.7. The molecule has 0 saturated carbocycles. The van der Waals surface area contributed by atoms with E-state index in [4.69, 9.17) is 23.7 Å². The number of rotatable bonds is 10. The molecule has 0 radical (unpaired) electrons. The Balaban J connectivity index is 3.51. The molecule has 1 aliphatic rings. The number of esters is 5. The topological polar surface area (TPSA) is 190 Å². The molecule has 14 heteroatoms. The molecule has 1 amide bonds. The van der Waals surface area contributed by atoms with Crippen molar-refractivity contribution >= 4 is 35.8 Å². The zero-order valence-corrected chi connectivity index (χ0v) is 20.4. The Morgan fingerprint density at radius 1 is 0.971 bits per heavy atom. The summed E-state index contributed by atoms with van der Waals surface area (Å²) in [5.41, 5.74) is 0. The van der Waals surface area contributed by atoms with E-state index < -0.39 is 85.0 Å². The first-order valence-electron chi connectivity index (χ1n) is 10.6. The van der Waals surface area contributed by atoms with E-state index in [9.17, 15) is 33.9 Å². The number of hydrogen-bond acceptors (Lipinski definition) is 13.